The number of fused-ring (bicyclic) bond motifs is 6. The van der Waals surface area contributed by atoms with E-state index in [9.17, 15) is 23.1 Å². The van der Waals surface area contributed by atoms with E-state index in [0.717, 1.165) is 31.7 Å². The molecular formula is C20H23F3N4O3. The summed E-state index contributed by atoms with van der Waals surface area (Å²) in [6, 6.07) is 1.48. The molecule has 6 rings (SSSR count). The van der Waals surface area contributed by atoms with Crippen LogP contribution < -0.4 is 0 Å². The summed E-state index contributed by atoms with van der Waals surface area (Å²) in [6.45, 7) is 3.22. The Morgan fingerprint density at radius 3 is 2.53 bits per heavy atom. The van der Waals surface area contributed by atoms with Crippen molar-refractivity contribution < 1.29 is 27.8 Å². The number of rotatable bonds is 3. The van der Waals surface area contributed by atoms with Gasteiger partial charge in [-0.2, -0.15) is 18.3 Å². The molecule has 3 fully saturated rings. The Labute approximate surface area is 170 Å². The van der Waals surface area contributed by atoms with Gasteiger partial charge in [-0.05, 0) is 45.6 Å². The Hall–Kier alpha value is -2.20. The molecule has 0 aromatic carbocycles. The van der Waals surface area contributed by atoms with Gasteiger partial charge in [-0.3, -0.25) is 4.68 Å². The van der Waals surface area contributed by atoms with Crippen LogP contribution in [0.15, 0.2) is 12.3 Å². The Balaban J connectivity index is 1.56. The van der Waals surface area contributed by atoms with Crippen molar-refractivity contribution in [3.63, 3.8) is 0 Å². The van der Waals surface area contributed by atoms with Crippen LogP contribution in [0.1, 0.15) is 57.1 Å². The Bertz CT molecular complexity index is 999. The van der Waals surface area contributed by atoms with Gasteiger partial charge in [0, 0.05) is 5.41 Å². The predicted molar refractivity (Wildman–Crippen MR) is 98.4 cm³/mol. The first-order valence-electron chi connectivity index (χ1n) is 10.1. The number of halogens is 3. The third-order valence-corrected chi connectivity index (χ3v) is 7.11. The van der Waals surface area contributed by atoms with Crippen LogP contribution in [0.5, 0.6) is 0 Å². The van der Waals surface area contributed by atoms with Gasteiger partial charge in [-0.1, -0.05) is 0 Å². The van der Waals surface area contributed by atoms with Crippen molar-refractivity contribution in [3.8, 4) is 11.4 Å². The highest BCUT2D eigenvalue weighted by Crippen LogP contribution is 2.53. The van der Waals surface area contributed by atoms with E-state index in [2.05, 4.69) is 4.98 Å². The lowest BCUT2D eigenvalue weighted by Crippen LogP contribution is -2.50. The Morgan fingerprint density at radius 1 is 1.27 bits per heavy atom. The third-order valence-electron chi connectivity index (χ3n) is 7.11. The molecule has 1 N–H and O–H groups in total. The molecule has 0 amide bonds. The molecule has 7 nitrogen and oxygen atoms in total. The minimum absolute atomic E-state index is 0.355. The van der Waals surface area contributed by atoms with Crippen LogP contribution >= 0.6 is 0 Å². The van der Waals surface area contributed by atoms with E-state index in [4.69, 9.17) is 9.84 Å². The van der Waals surface area contributed by atoms with E-state index in [1.807, 2.05) is 6.07 Å². The summed E-state index contributed by atoms with van der Waals surface area (Å²) in [5.74, 6) is -0.424. The number of carbonyl (C=O) groups excluding carboxylic acids is 1. The largest absolute Gasteiger partial charge is 0.424 e. The van der Waals surface area contributed by atoms with Gasteiger partial charge in [-0.25, -0.2) is 4.98 Å². The minimum Gasteiger partial charge on any atom is -0.374 e. The molecule has 1 saturated carbocycles. The fourth-order valence-corrected chi connectivity index (χ4v) is 5.00. The summed E-state index contributed by atoms with van der Waals surface area (Å²) < 4.78 is 49.7. The maximum atomic E-state index is 13.4. The second-order valence-electron chi connectivity index (χ2n) is 9.12. The highest BCUT2D eigenvalue weighted by atomic mass is 19.4. The molecule has 2 saturated heterocycles. The number of alkyl halides is 3. The monoisotopic (exact) mass is 424 g/mol. The van der Waals surface area contributed by atoms with Gasteiger partial charge in [0.15, 0.2) is 5.82 Å². The third kappa shape index (κ3) is 2.49. The molecule has 4 aliphatic rings. The Morgan fingerprint density at radius 2 is 1.97 bits per heavy atom. The first kappa shape index (κ1) is 19.7. The van der Waals surface area contributed by atoms with Crippen LogP contribution in [0.3, 0.4) is 0 Å². The SMILES string of the molecule is C[C@H]1Cn2nc(C34CCC(C=O)(CC3)CO4)cc2-c2cnc([C@@](C)(O)C(F)(F)F)n21. The Kier molecular flexibility index (Phi) is 3.91. The van der Waals surface area contributed by atoms with Crippen molar-refractivity contribution in [1.82, 2.24) is 19.3 Å². The second-order valence-corrected chi connectivity index (χ2v) is 9.12. The molecule has 0 radical (unpaired) electrons. The van der Waals surface area contributed by atoms with Crippen LogP contribution in [-0.4, -0.2) is 43.5 Å². The lowest BCUT2D eigenvalue weighted by Gasteiger charge is -2.50. The van der Waals surface area contributed by atoms with Crippen LogP contribution in [0.25, 0.3) is 11.4 Å². The van der Waals surface area contributed by atoms with E-state index in [0.29, 0.717) is 37.4 Å². The van der Waals surface area contributed by atoms with Gasteiger partial charge in [0.05, 0.1) is 42.5 Å². The number of aromatic nitrogens is 4. The molecule has 1 aliphatic carbocycles. The standard InChI is InChI=1S/C20H23F3N4O3/c1-12-9-26-13(14-8-24-16(27(12)14)17(2,29)20(21,22)23)7-15(25-26)19-5-3-18(10-28,4-6-19)11-30-19/h7-8,10,12,29H,3-6,9,11H2,1-2H3/t12-,17+,18?,19?/m0/s1. The smallest absolute Gasteiger partial charge is 0.374 e. The second kappa shape index (κ2) is 5.94. The molecule has 10 heteroatoms. The minimum atomic E-state index is -4.85. The number of carbonyl (C=O) groups is 1. The van der Waals surface area contributed by atoms with Gasteiger partial charge in [0.25, 0.3) is 0 Å². The van der Waals surface area contributed by atoms with Crippen LogP contribution in [0, 0.1) is 5.41 Å². The van der Waals surface area contributed by atoms with Gasteiger partial charge >= 0.3 is 6.18 Å². The molecule has 2 aromatic rings. The highest BCUT2D eigenvalue weighted by Gasteiger charge is 2.55. The number of imidazole rings is 1. The van der Waals surface area contributed by atoms with Crippen molar-refractivity contribution in [1.29, 1.82) is 0 Å². The van der Waals surface area contributed by atoms with Gasteiger partial charge < -0.3 is 19.2 Å². The average molecular weight is 424 g/mol. The maximum Gasteiger partial charge on any atom is 0.424 e. The van der Waals surface area contributed by atoms with E-state index < -0.39 is 28.6 Å². The van der Waals surface area contributed by atoms with Crippen molar-refractivity contribution >= 4 is 6.29 Å². The first-order chi connectivity index (χ1) is 14.0. The summed E-state index contributed by atoms with van der Waals surface area (Å²) in [5.41, 5.74) is -2.15. The normalized spacial score (nSPS) is 32.4. The fourth-order valence-electron chi connectivity index (χ4n) is 5.00. The van der Waals surface area contributed by atoms with Crippen molar-refractivity contribution in [2.45, 2.75) is 69.5 Å². The van der Waals surface area contributed by atoms with Crippen molar-refractivity contribution in [2.75, 3.05) is 6.61 Å². The summed E-state index contributed by atoms with van der Waals surface area (Å²) >= 11 is 0. The number of ether oxygens (including phenoxy) is 1. The van der Waals surface area contributed by atoms with Crippen LogP contribution in [-0.2, 0) is 27.3 Å². The fraction of sp³-hybridized carbons (Fsp3) is 0.650. The highest BCUT2D eigenvalue weighted by molar-refractivity contribution is 5.61. The number of nitrogens with zero attached hydrogens (tertiary/aromatic N) is 4. The predicted octanol–water partition coefficient (Wildman–Crippen LogP) is 3.08. The molecule has 2 atom stereocenters. The zero-order chi connectivity index (χ0) is 21.5. The number of aliphatic hydroxyl groups is 1. The average Bonchev–Trinajstić information content (AvgIpc) is 3.34. The summed E-state index contributed by atoms with van der Waals surface area (Å²) in [5, 5.41) is 14.9. The van der Waals surface area contributed by atoms with Crippen molar-refractivity contribution in [3.05, 3.63) is 23.8 Å². The van der Waals surface area contributed by atoms with Crippen LogP contribution in [0.4, 0.5) is 13.2 Å². The summed E-state index contributed by atoms with van der Waals surface area (Å²) in [4.78, 5) is 15.4. The number of aldehydes is 1. The van der Waals surface area contributed by atoms with Gasteiger partial charge in [0.1, 0.15) is 11.9 Å². The van der Waals surface area contributed by atoms with Crippen molar-refractivity contribution in [2.24, 2.45) is 5.41 Å². The number of hydrogen-bond donors (Lipinski definition) is 1. The molecule has 3 aliphatic heterocycles. The number of hydrogen-bond acceptors (Lipinski definition) is 5. The zero-order valence-corrected chi connectivity index (χ0v) is 16.7. The first-order valence-corrected chi connectivity index (χ1v) is 10.1. The molecule has 162 valence electrons. The van der Waals surface area contributed by atoms with Crippen LogP contribution in [0.2, 0.25) is 0 Å². The molecule has 0 unspecified atom stereocenters. The van der Waals surface area contributed by atoms with E-state index in [-0.39, 0.29) is 6.04 Å². The molecule has 2 aromatic heterocycles. The molecule has 5 heterocycles. The molecule has 30 heavy (non-hydrogen) atoms. The quantitative estimate of drug-likeness (QED) is 0.766. The van der Waals surface area contributed by atoms with E-state index >= 15 is 0 Å². The molecule has 0 spiro atoms. The topological polar surface area (TPSA) is 82.2 Å². The van der Waals surface area contributed by atoms with E-state index in [1.54, 1.807) is 11.6 Å². The summed E-state index contributed by atoms with van der Waals surface area (Å²) in [7, 11) is 0. The molecule has 2 bridgehead atoms. The van der Waals surface area contributed by atoms with Gasteiger partial charge in [0.2, 0.25) is 5.60 Å². The lowest BCUT2D eigenvalue weighted by molar-refractivity contribution is -0.262. The van der Waals surface area contributed by atoms with E-state index in [1.165, 1.54) is 10.8 Å². The summed E-state index contributed by atoms with van der Waals surface area (Å²) in [6.07, 6.45) is 0.371. The van der Waals surface area contributed by atoms with Gasteiger partial charge in [-0.15, -0.1) is 0 Å². The lowest BCUT2D eigenvalue weighted by atomic mass is 9.66. The molecular weight excluding hydrogens is 401 g/mol. The zero-order valence-electron chi connectivity index (χ0n) is 16.7. The maximum absolute atomic E-state index is 13.4.